The average molecular weight is 312 g/mol. The molecule has 0 fully saturated rings. The third-order valence-corrected chi connectivity index (χ3v) is 3.71. The van der Waals surface area contributed by atoms with Gasteiger partial charge >= 0.3 is 0 Å². The van der Waals surface area contributed by atoms with E-state index in [1.807, 2.05) is 0 Å². The third-order valence-electron chi connectivity index (χ3n) is 3.71. The highest BCUT2D eigenvalue weighted by Crippen LogP contribution is 2.32. The maximum absolute atomic E-state index is 14.4. The van der Waals surface area contributed by atoms with Gasteiger partial charge in [-0.05, 0) is 28.8 Å². The molecule has 0 bridgehead atoms. The summed E-state index contributed by atoms with van der Waals surface area (Å²) in [5.41, 5.74) is 2.03. The van der Waals surface area contributed by atoms with Crippen LogP contribution in [0.1, 0.15) is 5.56 Å². The molecule has 0 aliphatic heterocycles. The first-order valence-electron chi connectivity index (χ1n) is 7.07. The summed E-state index contributed by atoms with van der Waals surface area (Å²) in [7, 11) is 0. The molecule has 0 spiro atoms. The van der Waals surface area contributed by atoms with Crippen molar-refractivity contribution in [1.82, 2.24) is 0 Å². The smallest absolute Gasteiger partial charge is 0.167 e. The van der Waals surface area contributed by atoms with Crippen LogP contribution in [-0.2, 0) is 6.61 Å². The minimum absolute atomic E-state index is 0.0650. The molecule has 0 unspecified atom stereocenters. The summed E-state index contributed by atoms with van der Waals surface area (Å²) in [6, 6.07) is 15.6. The lowest BCUT2D eigenvalue weighted by Gasteiger charge is -2.10. The third kappa shape index (κ3) is 2.94. The Kier molecular flexibility index (Phi) is 4.08. The number of hydrogen-bond acceptors (Lipinski definition) is 2. The number of benzene rings is 3. The summed E-state index contributed by atoms with van der Waals surface area (Å²) in [6.45, 7) is -0.100. The SMILES string of the molecule is OCc1ccc(-c2ccc(-c3ccc(O)cc3)c(F)c2F)cc1. The molecule has 116 valence electrons. The Morgan fingerprint density at radius 1 is 0.652 bits per heavy atom. The summed E-state index contributed by atoms with van der Waals surface area (Å²) in [6.07, 6.45) is 0. The number of hydrogen-bond donors (Lipinski definition) is 2. The first-order valence-corrected chi connectivity index (χ1v) is 7.07. The normalized spacial score (nSPS) is 10.7. The van der Waals surface area contributed by atoms with Gasteiger partial charge < -0.3 is 10.2 Å². The van der Waals surface area contributed by atoms with Gasteiger partial charge in [-0.15, -0.1) is 0 Å². The number of phenols is 1. The van der Waals surface area contributed by atoms with Crippen molar-refractivity contribution in [2.45, 2.75) is 6.61 Å². The second-order valence-corrected chi connectivity index (χ2v) is 5.19. The number of phenolic OH excluding ortho intramolecular Hbond substituents is 1. The van der Waals surface area contributed by atoms with E-state index in [0.29, 0.717) is 16.7 Å². The quantitative estimate of drug-likeness (QED) is 0.748. The number of rotatable bonds is 3. The molecule has 0 amide bonds. The number of aromatic hydroxyl groups is 1. The molecular formula is C19H14F2O2. The molecule has 2 nitrogen and oxygen atoms in total. The van der Waals surface area contributed by atoms with Crippen molar-refractivity contribution in [2.75, 3.05) is 0 Å². The molecule has 23 heavy (non-hydrogen) atoms. The number of halogens is 2. The summed E-state index contributed by atoms with van der Waals surface area (Å²) in [5.74, 6) is -1.79. The number of aliphatic hydroxyl groups excluding tert-OH is 1. The molecule has 0 aliphatic carbocycles. The maximum atomic E-state index is 14.4. The standard InChI is InChI=1S/C19H14F2O2/c20-18-16(13-3-1-12(11-22)2-4-13)9-10-17(19(18)21)14-5-7-15(23)8-6-14/h1-10,22-23H,11H2. The molecule has 2 N–H and O–H groups in total. The van der Waals surface area contributed by atoms with Gasteiger partial charge in [-0.1, -0.05) is 48.5 Å². The monoisotopic (exact) mass is 312 g/mol. The second-order valence-electron chi connectivity index (χ2n) is 5.19. The van der Waals surface area contributed by atoms with Crippen molar-refractivity contribution in [3.05, 3.63) is 77.9 Å². The highest BCUT2D eigenvalue weighted by molar-refractivity contribution is 5.72. The Balaban J connectivity index is 2.04. The van der Waals surface area contributed by atoms with Crippen molar-refractivity contribution in [3.8, 4) is 28.0 Å². The van der Waals surface area contributed by atoms with Crippen LogP contribution in [-0.4, -0.2) is 10.2 Å². The van der Waals surface area contributed by atoms with E-state index in [-0.39, 0.29) is 23.5 Å². The second kappa shape index (κ2) is 6.18. The van der Waals surface area contributed by atoms with Gasteiger partial charge in [0.1, 0.15) is 5.75 Å². The van der Waals surface area contributed by atoms with Crippen LogP contribution in [0.4, 0.5) is 8.78 Å². The van der Waals surface area contributed by atoms with Crippen molar-refractivity contribution in [2.24, 2.45) is 0 Å². The van der Waals surface area contributed by atoms with Gasteiger partial charge in [0.2, 0.25) is 0 Å². The van der Waals surface area contributed by atoms with Gasteiger partial charge in [0.25, 0.3) is 0 Å². The topological polar surface area (TPSA) is 40.5 Å². The molecule has 3 rings (SSSR count). The van der Waals surface area contributed by atoms with Crippen LogP contribution in [0.15, 0.2) is 60.7 Å². The lowest BCUT2D eigenvalue weighted by atomic mass is 9.98. The fraction of sp³-hybridized carbons (Fsp3) is 0.0526. The minimum atomic E-state index is -0.931. The van der Waals surface area contributed by atoms with Gasteiger partial charge in [-0.25, -0.2) is 8.78 Å². The van der Waals surface area contributed by atoms with Crippen LogP contribution in [0.25, 0.3) is 22.3 Å². The number of aliphatic hydroxyl groups is 1. The molecule has 0 saturated heterocycles. The molecule has 0 saturated carbocycles. The van der Waals surface area contributed by atoms with Crippen LogP contribution in [0.3, 0.4) is 0 Å². The van der Waals surface area contributed by atoms with E-state index in [4.69, 9.17) is 5.11 Å². The minimum Gasteiger partial charge on any atom is -0.508 e. The molecule has 4 heteroatoms. The molecule has 3 aromatic rings. The lowest BCUT2D eigenvalue weighted by molar-refractivity contribution is 0.282. The van der Waals surface area contributed by atoms with Crippen molar-refractivity contribution < 1.29 is 19.0 Å². The Morgan fingerprint density at radius 2 is 1.09 bits per heavy atom. The van der Waals surface area contributed by atoms with Gasteiger partial charge in [0.15, 0.2) is 11.6 Å². The van der Waals surface area contributed by atoms with Crippen molar-refractivity contribution in [1.29, 1.82) is 0 Å². The molecule has 3 aromatic carbocycles. The molecule has 0 aromatic heterocycles. The van der Waals surface area contributed by atoms with E-state index in [2.05, 4.69) is 0 Å². The Hall–Kier alpha value is -2.72. The summed E-state index contributed by atoms with van der Waals surface area (Å²) >= 11 is 0. The highest BCUT2D eigenvalue weighted by Gasteiger charge is 2.15. The fourth-order valence-corrected chi connectivity index (χ4v) is 2.43. The molecular weight excluding hydrogens is 298 g/mol. The summed E-state index contributed by atoms with van der Waals surface area (Å²) < 4.78 is 28.8. The van der Waals surface area contributed by atoms with E-state index in [1.165, 1.54) is 36.4 Å². The summed E-state index contributed by atoms with van der Waals surface area (Å²) in [4.78, 5) is 0. The summed E-state index contributed by atoms with van der Waals surface area (Å²) in [5, 5.41) is 18.3. The highest BCUT2D eigenvalue weighted by atomic mass is 19.2. The first kappa shape index (κ1) is 15.2. The zero-order chi connectivity index (χ0) is 16.4. The van der Waals surface area contributed by atoms with Crippen molar-refractivity contribution >= 4 is 0 Å². The van der Waals surface area contributed by atoms with E-state index < -0.39 is 11.6 Å². The van der Waals surface area contributed by atoms with E-state index >= 15 is 0 Å². The maximum Gasteiger partial charge on any atom is 0.167 e. The predicted molar refractivity (Wildman–Crippen MR) is 84.8 cm³/mol. The van der Waals surface area contributed by atoms with Gasteiger partial charge in [-0.2, -0.15) is 0 Å². The first-order chi connectivity index (χ1) is 11.1. The van der Waals surface area contributed by atoms with E-state index in [9.17, 15) is 13.9 Å². The fourth-order valence-electron chi connectivity index (χ4n) is 2.43. The Morgan fingerprint density at radius 3 is 1.52 bits per heavy atom. The molecule has 0 atom stereocenters. The molecule has 0 heterocycles. The zero-order valence-corrected chi connectivity index (χ0v) is 12.1. The van der Waals surface area contributed by atoms with Crippen LogP contribution >= 0.6 is 0 Å². The molecule has 0 radical (unpaired) electrons. The predicted octanol–water partition coefficient (Wildman–Crippen LogP) is 4.50. The van der Waals surface area contributed by atoms with Crippen LogP contribution < -0.4 is 0 Å². The van der Waals surface area contributed by atoms with Gasteiger partial charge in [-0.3, -0.25) is 0 Å². The Labute approximate surface area is 132 Å². The van der Waals surface area contributed by atoms with Gasteiger partial charge in [0.05, 0.1) is 6.61 Å². The van der Waals surface area contributed by atoms with E-state index in [0.717, 1.165) is 0 Å². The van der Waals surface area contributed by atoms with Gasteiger partial charge in [0, 0.05) is 11.1 Å². The average Bonchev–Trinajstić information content (AvgIpc) is 2.58. The van der Waals surface area contributed by atoms with Crippen LogP contribution in [0.5, 0.6) is 5.75 Å². The van der Waals surface area contributed by atoms with Crippen LogP contribution in [0.2, 0.25) is 0 Å². The largest absolute Gasteiger partial charge is 0.508 e. The van der Waals surface area contributed by atoms with Crippen LogP contribution in [0, 0.1) is 11.6 Å². The van der Waals surface area contributed by atoms with Crippen molar-refractivity contribution in [3.63, 3.8) is 0 Å². The zero-order valence-electron chi connectivity index (χ0n) is 12.1. The van der Waals surface area contributed by atoms with E-state index in [1.54, 1.807) is 24.3 Å². The Bertz CT molecular complexity index is 825. The lowest BCUT2D eigenvalue weighted by Crippen LogP contribution is -1.94. The molecule has 0 aliphatic rings.